The molecule has 1 aromatic rings. The van der Waals surface area contributed by atoms with Gasteiger partial charge in [0.05, 0.1) is 6.61 Å². The summed E-state index contributed by atoms with van der Waals surface area (Å²) in [5, 5.41) is 0. The Morgan fingerprint density at radius 2 is 2.33 bits per heavy atom. The average Bonchev–Trinajstić information content (AvgIpc) is 2.49. The van der Waals surface area contributed by atoms with Crippen molar-refractivity contribution in [2.75, 3.05) is 12.3 Å². The molecule has 12 heavy (non-hydrogen) atoms. The van der Waals surface area contributed by atoms with Crippen LogP contribution in [0.25, 0.3) is 0 Å². The number of ether oxygens (including phenoxy) is 1. The van der Waals surface area contributed by atoms with E-state index in [2.05, 4.69) is 13.0 Å². The predicted octanol–water partition coefficient (Wildman–Crippen LogP) is 1.77. The van der Waals surface area contributed by atoms with Gasteiger partial charge in [0.25, 0.3) is 0 Å². The summed E-state index contributed by atoms with van der Waals surface area (Å²) in [5.74, 6) is 1.03. The van der Waals surface area contributed by atoms with Crippen molar-refractivity contribution in [3.63, 3.8) is 0 Å². The Morgan fingerprint density at radius 3 is 3.08 bits per heavy atom. The molecule has 1 heterocycles. The highest BCUT2D eigenvalue weighted by Gasteiger charge is 2.13. The van der Waals surface area contributed by atoms with Crippen LogP contribution in [-0.2, 0) is 12.8 Å². The van der Waals surface area contributed by atoms with Crippen LogP contribution in [0.4, 0.5) is 5.69 Å². The molecule has 0 radical (unpaired) electrons. The predicted molar refractivity (Wildman–Crippen MR) is 49.4 cm³/mol. The van der Waals surface area contributed by atoms with E-state index in [9.17, 15) is 0 Å². The maximum Gasteiger partial charge on any atom is 0.123 e. The first-order chi connectivity index (χ1) is 5.81. The topological polar surface area (TPSA) is 35.2 Å². The van der Waals surface area contributed by atoms with E-state index in [0.29, 0.717) is 0 Å². The van der Waals surface area contributed by atoms with Crippen LogP contribution in [0.1, 0.15) is 18.1 Å². The molecular weight excluding hydrogens is 150 g/mol. The molecule has 0 aliphatic carbocycles. The summed E-state index contributed by atoms with van der Waals surface area (Å²) < 4.78 is 5.44. The maximum atomic E-state index is 5.85. The minimum Gasteiger partial charge on any atom is -0.493 e. The van der Waals surface area contributed by atoms with Crippen molar-refractivity contribution in [3.8, 4) is 5.75 Å². The number of nitrogen functional groups attached to an aromatic ring is 1. The third-order valence-electron chi connectivity index (χ3n) is 2.33. The molecule has 2 nitrogen and oxygen atoms in total. The second kappa shape index (κ2) is 2.70. The summed E-state index contributed by atoms with van der Waals surface area (Å²) in [6.45, 7) is 2.91. The number of aryl methyl sites for hydroxylation is 1. The second-order valence-corrected chi connectivity index (χ2v) is 3.11. The Balaban J connectivity index is 2.49. The minimum atomic E-state index is 0.807. The Kier molecular flexibility index (Phi) is 1.68. The fourth-order valence-electron chi connectivity index (χ4n) is 1.59. The molecule has 2 N–H and O–H groups in total. The highest BCUT2D eigenvalue weighted by atomic mass is 16.5. The molecule has 1 aliphatic rings. The Labute approximate surface area is 72.3 Å². The first kappa shape index (κ1) is 7.47. The molecule has 1 aromatic carbocycles. The fourth-order valence-corrected chi connectivity index (χ4v) is 1.59. The summed E-state index contributed by atoms with van der Waals surface area (Å²) in [5.41, 5.74) is 9.20. The molecule has 1 aliphatic heterocycles. The number of hydrogen-bond donors (Lipinski definition) is 1. The molecule has 0 unspecified atom stereocenters. The first-order valence-electron chi connectivity index (χ1n) is 4.35. The molecular formula is C10H13NO. The van der Waals surface area contributed by atoms with Gasteiger partial charge in [0.15, 0.2) is 0 Å². The lowest BCUT2D eigenvalue weighted by molar-refractivity contribution is 0.356. The summed E-state index contributed by atoms with van der Waals surface area (Å²) in [7, 11) is 0. The number of fused-ring (bicyclic) bond motifs is 1. The van der Waals surface area contributed by atoms with Crippen molar-refractivity contribution in [2.45, 2.75) is 19.8 Å². The van der Waals surface area contributed by atoms with E-state index in [0.717, 1.165) is 30.9 Å². The van der Waals surface area contributed by atoms with E-state index in [1.54, 1.807) is 0 Å². The molecule has 0 aromatic heterocycles. The Morgan fingerprint density at radius 1 is 1.50 bits per heavy atom. The fraction of sp³-hybridized carbons (Fsp3) is 0.400. The van der Waals surface area contributed by atoms with Crippen LogP contribution in [0.2, 0.25) is 0 Å². The number of benzene rings is 1. The van der Waals surface area contributed by atoms with Crippen molar-refractivity contribution in [1.82, 2.24) is 0 Å². The molecule has 64 valence electrons. The zero-order valence-corrected chi connectivity index (χ0v) is 7.26. The van der Waals surface area contributed by atoms with E-state index in [1.165, 1.54) is 11.1 Å². The standard InChI is InChI=1S/C10H13NO/c1-2-7-6-10-8(3-4-12-10)5-9(7)11/h5-6H,2-4,11H2,1H3. The van der Waals surface area contributed by atoms with Gasteiger partial charge in [-0.3, -0.25) is 0 Å². The van der Waals surface area contributed by atoms with Gasteiger partial charge in [-0.15, -0.1) is 0 Å². The zero-order chi connectivity index (χ0) is 8.55. The van der Waals surface area contributed by atoms with E-state index in [1.807, 2.05) is 6.07 Å². The molecule has 0 atom stereocenters. The summed E-state index contributed by atoms with van der Waals surface area (Å²) in [4.78, 5) is 0. The molecule has 0 saturated heterocycles. The molecule has 0 fully saturated rings. The van der Waals surface area contributed by atoms with Gasteiger partial charge in [0.1, 0.15) is 5.75 Å². The van der Waals surface area contributed by atoms with Gasteiger partial charge in [-0.05, 0) is 29.7 Å². The average molecular weight is 163 g/mol. The lowest BCUT2D eigenvalue weighted by Crippen LogP contribution is -1.93. The highest BCUT2D eigenvalue weighted by molar-refractivity contribution is 5.55. The second-order valence-electron chi connectivity index (χ2n) is 3.11. The van der Waals surface area contributed by atoms with Gasteiger partial charge in [-0.1, -0.05) is 6.92 Å². The molecule has 2 rings (SSSR count). The highest BCUT2D eigenvalue weighted by Crippen LogP contribution is 2.30. The lowest BCUT2D eigenvalue weighted by atomic mass is 10.1. The van der Waals surface area contributed by atoms with Crippen LogP contribution < -0.4 is 10.5 Å². The number of anilines is 1. The zero-order valence-electron chi connectivity index (χ0n) is 7.26. The normalized spacial score (nSPS) is 14.1. The maximum absolute atomic E-state index is 5.85. The smallest absolute Gasteiger partial charge is 0.123 e. The van der Waals surface area contributed by atoms with Gasteiger partial charge >= 0.3 is 0 Å². The van der Waals surface area contributed by atoms with Crippen molar-refractivity contribution in [1.29, 1.82) is 0 Å². The van der Waals surface area contributed by atoms with Crippen LogP contribution in [0, 0.1) is 0 Å². The van der Waals surface area contributed by atoms with Crippen molar-refractivity contribution >= 4 is 5.69 Å². The summed E-state index contributed by atoms with van der Waals surface area (Å²) >= 11 is 0. The first-order valence-corrected chi connectivity index (χ1v) is 4.35. The summed E-state index contributed by atoms with van der Waals surface area (Å²) in [6.07, 6.45) is 1.98. The largest absolute Gasteiger partial charge is 0.493 e. The van der Waals surface area contributed by atoms with E-state index >= 15 is 0 Å². The van der Waals surface area contributed by atoms with Gasteiger partial charge in [-0.25, -0.2) is 0 Å². The third-order valence-corrected chi connectivity index (χ3v) is 2.33. The van der Waals surface area contributed by atoms with Crippen molar-refractivity contribution < 1.29 is 4.74 Å². The molecule has 0 saturated carbocycles. The van der Waals surface area contributed by atoms with E-state index in [4.69, 9.17) is 10.5 Å². The van der Waals surface area contributed by atoms with Gasteiger partial charge in [-0.2, -0.15) is 0 Å². The van der Waals surface area contributed by atoms with E-state index < -0.39 is 0 Å². The monoisotopic (exact) mass is 163 g/mol. The Bertz CT molecular complexity index is 306. The SMILES string of the molecule is CCc1cc2c(cc1N)CCO2. The van der Waals surface area contributed by atoms with Crippen LogP contribution in [0.15, 0.2) is 12.1 Å². The van der Waals surface area contributed by atoms with Crippen LogP contribution in [0.3, 0.4) is 0 Å². The Hall–Kier alpha value is -1.18. The van der Waals surface area contributed by atoms with Crippen LogP contribution in [0.5, 0.6) is 5.75 Å². The van der Waals surface area contributed by atoms with Crippen molar-refractivity contribution in [3.05, 3.63) is 23.3 Å². The van der Waals surface area contributed by atoms with Crippen LogP contribution >= 0.6 is 0 Å². The number of rotatable bonds is 1. The van der Waals surface area contributed by atoms with Crippen LogP contribution in [-0.4, -0.2) is 6.61 Å². The van der Waals surface area contributed by atoms with E-state index in [-0.39, 0.29) is 0 Å². The minimum absolute atomic E-state index is 0.807. The van der Waals surface area contributed by atoms with Gasteiger partial charge in [0.2, 0.25) is 0 Å². The van der Waals surface area contributed by atoms with Crippen molar-refractivity contribution in [2.24, 2.45) is 0 Å². The number of hydrogen-bond acceptors (Lipinski definition) is 2. The molecule has 0 amide bonds. The van der Waals surface area contributed by atoms with Gasteiger partial charge in [0, 0.05) is 12.1 Å². The quantitative estimate of drug-likeness (QED) is 0.640. The lowest BCUT2D eigenvalue weighted by Gasteiger charge is -2.05. The van der Waals surface area contributed by atoms with Gasteiger partial charge < -0.3 is 10.5 Å². The molecule has 2 heteroatoms. The summed E-state index contributed by atoms with van der Waals surface area (Å²) in [6, 6.07) is 4.11. The molecule has 0 bridgehead atoms. The third kappa shape index (κ3) is 1.04. The number of nitrogens with two attached hydrogens (primary N) is 1. The molecule has 0 spiro atoms.